The highest BCUT2D eigenvalue weighted by Crippen LogP contribution is 2.21. The number of carboxylic acid groups (broad SMARTS) is 1. The number of carbonyl (C=O) groups is 1. The van der Waals surface area contributed by atoms with Crippen LogP contribution >= 0.6 is 11.6 Å². The first-order chi connectivity index (χ1) is 12.4. The third kappa shape index (κ3) is 5.66. The number of benzene rings is 2. The fourth-order valence-corrected chi connectivity index (χ4v) is 2.58. The standard InChI is InChI=1S/C18H19ClF2N2O3/c19-13-3-1-2-11(8-13)15(24)10-22-6-7-23-14-5-4-12(9-16(25)26)17(20)18(14)21/h1-5,8,15,22-24H,6-7,9-10H2,(H,25,26). The molecule has 0 spiro atoms. The molecule has 0 saturated carbocycles. The van der Waals surface area contributed by atoms with Crippen LogP contribution in [-0.4, -0.2) is 35.8 Å². The summed E-state index contributed by atoms with van der Waals surface area (Å²) in [5, 5.41) is 25.0. The lowest BCUT2D eigenvalue weighted by atomic mass is 10.1. The largest absolute Gasteiger partial charge is 0.481 e. The van der Waals surface area contributed by atoms with Crippen LogP contribution in [0, 0.1) is 11.6 Å². The summed E-state index contributed by atoms with van der Waals surface area (Å²) in [6, 6.07) is 9.43. The molecule has 1 atom stereocenters. The van der Waals surface area contributed by atoms with Gasteiger partial charge in [0.15, 0.2) is 11.6 Å². The number of aliphatic carboxylic acids is 1. The van der Waals surface area contributed by atoms with E-state index < -0.39 is 30.1 Å². The molecule has 0 aromatic heterocycles. The Morgan fingerprint density at radius 2 is 1.92 bits per heavy atom. The van der Waals surface area contributed by atoms with E-state index in [2.05, 4.69) is 10.6 Å². The SMILES string of the molecule is O=C(O)Cc1ccc(NCCNCC(O)c2cccc(Cl)c2)c(F)c1F. The lowest BCUT2D eigenvalue weighted by Crippen LogP contribution is -2.27. The summed E-state index contributed by atoms with van der Waals surface area (Å²) < 4.78 is 27.7. The van der Waals surface area contributed by atoms with Crippen LogP contribution in [-0.2, 0) is 11.2 Å². The van der Waals surface area contributed by atoms with Gasteiger partial charge in [-0.1, -0.05) is 29.8 Å². The first-order valence-corrected chi connectivity index (χ1v) is 8.33. The summed E-state index contributed by atoms with van der Waals surface area (Å²) in [5.74, 6) is -3.50. The highest BCUT2D eigenvalue weighted by atomic mass is 35.5. The van der Waals surface area contributed by atoms with Crippen LogP contribution in [0.4, 0.5) is 14.5 Å². The smallest absolute Gasteiger partial charge is 0.307 e. The Balaban J connectivity index is 1.79. The van der Waals surface area contributed by atoms with Gasteiger partial charge in [-0.3, -0.25) is 4.79 Å². The Morgan fingerprint density at radius 3 is 2.62 bits per heavy atom. The summed E-state index contributed by atoms with van der Waals surface area (Å²) >= 11 is 5.87. The van der Waals surface area contributed by atoms with E-state index >= 15 is 0 Å². The van der Waals surface area contributed by atoms with Crippen LogP contribution in [0.2, 0.25) is 5.02 Å². The Bertz CT molecular complexity index is 774. The van der Waals surface area contributed by atoms with Gasteiger partial charge in [-0.05, 0) is 23.8 Å². The number of hydrogen-bond donors (Lipinski definition) is 4. The third-order valence-electron chi connectivity index (χ3n) is 3.69. The lowest BCUT2D eigenvalue weighted by Gasteiger charge is -2.14. The molecule has 5 nitrogen and oxygen atoms in total. The summed E-state index contributed by atoms with van der Waals surface area (Å²) in [5.41, 5.74) is 0.428. The van der Waals surface area contributed by atoms with Crippen LogP contribution in [0.25, 0.3) is 0 Å². The highest BCUT2D eigenvalue weighted by Gasteiger charge is 2.15. The monoisotopic (exact) mass is 384 g/mol. The molecule has 4 N–H and O–H groups in total. The first-order valence-electron chi connectivity index (χ1n) is 7.95. The average molecular weight is 385 g/mol. The van der Waals surface area contributed by atoms with Gasteiger partial charge in [-0.2, -0.15) is 0 Å². The van der Waals surface area contributed by atoms with Crippen LogP contribution in [0.1, 0.15) is 17.2 Å². The second kappa shape index (κ2) is 9.47. The quantitative estimate of drug-likeness (QED) is 0.500. The molecule has 1 unspecified atom stereocenters. The van der Waals surface area contributed by atoms with Gasteiger partial charge in [0, 0.05) is 30.2 Å². The fourth-order valence-electron chi connectivity index (χ4n) is 2.38. The number of halogens is 3. The van der Waals surface area contributed by atoms with E-state index in [0.29, 0.717) is 17.1 Å². The summed E-state index contributed by atoms with van der Waals surface area (Å²) in [6.07, 6.45) is -1.32. The molecule has 8 heteroatoms. The molecule has 0 heterocycles. The van der Waals surface area contributed by atoms with Crippen molar-refractivity contribution in [3.8, 4) is 0 Å². The van der Waals surface area contributed by atoms with Crippen molar-refractivity contribution in [1.82, 2.24) is 5.32 Å². The number of nitrogens with one attached hydrogen (secondary N) is 2. The molecule has 0 amide bonds. The first kappa shape index (κ1) is 20.1. The summed E-state index contributed by atoms with van der Waals surface area (Å²) in [4.78, 5) is 10.6. The molecule has 0 aliphatic carbocycles. The minimum atomic E-state index is -1.23. The lowest BCUT2D eigenvalue weighted by molar-refractivity contribution is -0.136. The number of hydrogen-bond acceptors (Lipinski definition) is 4. The van der Waals surface area contributed by atoms with Gasteiger partial charge in [0.1, 0.15) is 0 Å². The zero-order valence-corrected chi connectivity index (χ0v) is 14.6. The van der Waals surface area contributed by atoms with E-state index in [1.807, 2.05) is 0 Å². The van der Waals surface area contributed by atoms with Crippen LogP contribution < -0.4 is 10.6 Å². The van der Waals surface area contributed by atoms with E-state index in [0.717, 1.165) is 0 Å². The molecule has 2 aromatic rings. The zero-order chi connectivity index (χ0) is 19.1. The van der Waals surface area contributed by atoms with E-state index in [4.69, 9.17) is 16.7 Å². The van der Waals surface area contributed by atoms with Gasteiger partial charge in [0.2, 0.25) is 0 Å². The molecular weight excluding hydrogens is 366 g/mol. The second-order valence-electron chi connectivity index (χ2n) is 5.67. The third-order valence-corrected chi connectivity index (χ3v) is 3.93. The molecule has 26 heavy (non-hydrogen) atoms. The second-order valence-corrected chi connectivity index (χ2v) is 6.11. The predicted molar refractivity (Wildman–Crippen MR) is 95.5 cm³/mol. The molecule has 140 valence electrons. The minimum absolute atomic E-state index is 0.0474. The van der Waals surface area contributed by atoms with Crippen LogP contribution in [0.5, 0.6) is 0 Å². The molecule has 0 aliphatic heterocycles. The predicted octanol–water partition coefficient (Wildman–Crippen LogP) is 2.98. The Morgan fingerprint density at radius 1 is 1.15 bits per heavy atom. The Hall–Kier alpha value is -2.22. The Kier molecular flexibility index (Phi) is 7.32. The van der Waals surface area contributed by atoms with E-state index in [9.17, 15) is 18.7 Å². The van der Waals surface area contributed by atoms with Crippen molar-refractivity contribution in [3.05, 3.63) is 64.2 Å². The van der Waals surface area contributed by atoms with Gasteiger partial charge >= 0.3 is 5.97 Å². The number of carboxylic acids is 1. The molecule has 0 saturated heterocycles. The van der Waals surface area contributed by atoms with Gasteiger partial charge < -0.3 is 20.8 Å². The maximum absolute atomic E-state index is 13.9. The molecule has 0 bridgehead atoms. The van der Waals surface area contributed by atoms with Gasteiger partial charge in [0.25, 0.3) is 0 Å². The normalized spacial score (nSPS) is 12.0. The zero-order valence-electron chi connectivity index (χ0n) is 13.8. The van der Waals surface area contributed by atoms with E-state index in [-0.39, 0.29) is 24.3 Å². The average Bonchev–Trinajstić information content (AvgIpc) is 2.60. The van der Waals surface area contributed by atoms with E-state index in [1.165, 1.54) is 12.1 Å². The molecule has 2 rings (SSSR count). The number of anilines is 1. The minimum Gasteiger partial charge on any atom is -0.481 e. The summed E-state index contributed by atoms with van der Waals surface area (Å²) in [6.45, 7) is 0.961. The molecule has 0 radical (unpaired) electrons. The van der Waals surface area contributed by atoms with E-state index in [1.54, 1.807) is 24.3 Å². The summed E-state index contributed by atoms with van der Waals surface area (Å²) in [7, 11) is 0. The topological polar surface area (TPSA) is 81.6 Å². The maximum atomic E-state index is 13.9. The van der Waals surface area contributed by atoms with Gasteiger partial charge in [-0.25, -0.2) is 8.78 Å². The van der Waals surface area contributed by atoms with Crippen LogP contribution in [0.15, 0.2) is 36.4 Å². The van der Waals surface area contributed by atoms with Crippen LogP contribution in [0.3, 0.4) is 0 Å². The van der Waals surface area contributed by atoms with Gasteiger partial charge in [0.05, 0.1) is 18.2 Å². The molecule has 2 aromatic carbocycles. The van der Waals surface area contributed by atoms with Gasteiger partial charge in [-0.15, -0.1) is 0 Å². The van der Waals surface area contributed by atoms with Crippen molar-refractivity contribution in [3.63, 3.8) is 0 Å². The van der Waals surface area contributed by atoms with Crippen molar-refractivity contribution in [2.45, 2.75) is 12.5 Å². The van der Waals surface area contributed by atoms with Crippen molar-refractivity contribution in [2.75, 3.05) is 25.0 Å². The Labute approximate surface area is 154 Å². The van der Waals surface area contributed by atoms with Crippen molar-refractivity contribution < 1.29 is 23.8 Å². The highest BCUT2D eigenvalue weighted by molar-refractivity contribution is 6.30. The number of rotatable bonds is 9. The van der Waals surface area contributed by atoms with Crippen molar-refractivity contribution >= 4 is 23.3 Å². The fraction of sp³-hybridized carbons (Fsp3) is 0.278. The number of aliphatic hydroxyl groups excluding tert-OH is 1. The van der Waals surface area contributed by atoms with Crippen molar-refractivity contribution in [2.24, 2.45) is 0 Å². The molecular formula is C18H19ClF2N2O3. The number of aliphatic hydroxyl groups is 1. The molecule has 0 fully saturated rings. The molecule has 0 aliphatic rings. The maximum Gasteiger partial charge on any atom is 0.307 e. The van der Waals surface area contributed by atoms with Crippen molar-refractivity contribution in [1.29, 1.82) is 0 Å².